The van der Waals surface area contributed by atoms with Gasteiger partial charge in [0.15, 0.2) is 0 Å². The lowest BCUT2D eigenvalue weighted by Crippen LogP contribution is -2.21. The van der Waals surface area contributed by atoms with E-state index < -0.39 is 0 Å². The van der Waals surface area contributed by atoms with Gasteiger partial charge in [-0.3, -0.25) is 0 Å². The molecule has 0 amide bonds. The molecule has 1 aliphatic carbocycles. The van der Waals surface area contributed by atoms with Gasteiger partial charge in [-0.1, -0.05) is 19.1 Å². The predicted molar refractivity (Wildman–Crippen MR) is 57.2 cm³/mol. The maximum absolute atomic E-state index is 9.26. The van der Waals surface area contributed by atoms with E-state index in [4.69, 9.17) is 0 Å². The Bertz CT molecular complexity index is 318. The number of nitrogens with one attached hydrogen (secondary N) is 1. The molecule has 0 aliphatic heterocycles. The zero-order valence-corrected chi connectivity index (χ0v) is 8.59. The SMILES string of the molecule is CC1(CNCc2cccc(O)c2)CC1. The maximum Gasteiger partial charge on any atom is 0.115 e. The van der Waals surface area contributed by atoms with E-state index in [0.717, 1.165) is 18.7 Å². The van der Waals surface area contributed by atoms with Gasteiger partial charge >= 0.3 is 0 Å². The molecule has 1 aliphatic rings. The quantitative estimate of drug-likeness (QED) is 0.765. The third-order valence-corrected chi connectivity index (χ3v) is 2.90. The lowest BCUT2D eigenvalue weighted by Gasteiger charge is -2.09. The van der Waals surface area contributed by atoms with Gasteiger partial charge in [0.25, 0.3) is 0 Å². The van der Waals surface area contributed by atoms with E-state index in [0.29, 0.717) is 11.2 Å². The van der Waals surface area contributed by atoms with Gasteiger partial charge in [-0.05, 0) is 36.0 Å². The van der Waals surface area contributed by atoms with E-state index in [1.54, 1.807) is 6.07 Å². The average Bonchev–Trinajstić information content (AvgIpc) is 2.84. The third-order valence-electron chi connectivity index (χ3n) is 2.90. The number of phenolic OH excluding ortho intramolecular Hbond substituents is 1. The van der Waals surface area contributed by atoms with Gasteiger partial charge in [-0.2, -0.15) is 0 Å². The van der Waals surface area contributed by atoms with Gasteiger partial charge in [0, 0.05) is 13.1 Å². The van der Waals surface area contributed by atoms with Gasteiger partial charge in [-0.25, -0.2) is 0 Å². The molecule has 2 heteroatoms. The fraction of sp³-hybridized carbons (Fsp3) is 0.500. The van der Waals surface area contributed by atoms with Crippen LogP contribution in [0.5, 0.6) is 5.75 Å². The van der Waals surface area contributed by atoms with E-state index in [1.807, 2.05) is 18.2 Å². The Morgan fingerprint density at radius 3 is 2.86 bits per heavy atom. The van der Waals surface area contributed by atoms with Crippen molar-refractivity contribution >= 4 is 0 Å². The lowest BCUT2D eigenvalue weighted by atomic mass is 10.1. The molecule has 0 unspecified atom stereocenters. The van der Waals surface area contributed by atoms with Crippen LogP contribution in [0.25, 0.3) is 0 Å². The molecule has 0 radical (unpaired) electrons. The standard InChI is InChI=1S/C12H17NO/c1-12(5-6-12)9-13-8-10-3-2-4-11(14)7-10/h2-4,7,13-14H,5-6,8-9H2,1H3. The summed E-state index contributed by atoms with van der Waals surface area (Å²) in [6, 6.07) is 7.42. The first-order valence-corrected chi connectivity index (χ1v) is 5.17. The highest BCUT2D eigenvalue weighted by molar-refractivity contribution is 5.26. The Labute approximate surface area is 85.0 Å². The summed E-state index contributed by atoms with van der Waals surface area (Å²) in [5, 5.41) is 12.7. The van der Waals surface area contributed by atoms with Crippen molar-refractivity contribution in [3.8, 4) is 5.75 Å². The molecule has 0 bridgehead atoms. The zero-order valence-electron chi connectivity index (χ0n) is 8.59. The van der Waals surface area contributed by atoms with Crippen LogP contribution in [0.4, 0.5) is 0 Å². The maximum atomic E-state index is 9.26. The second-order valence-corrected chi connectivity index (χ2v) is 4.58. The van der Waals surface area contributed by atoms with Crippen molar-refractivity contribution in [2.24, 2.45) is 5.41 Å². The van der Waals surface area contributed by atoms with E-state index >= 15 is 0 Å². The minimum Gasteiger partial charge on any atom is -0.508 e. The fourth-order valence-corrected chi connectivity index (χ4v) is 1.57. The molecular weight excluding hydrogens is 174 g/mol. The summed E-state index contributed by atoms with van der Waals surface area (Å²) >= 11 is 0. The number of rotatable bonds is 4. The minimum absolute atomic E-state index is 0.349. The smallest absolute Gasteiger partial charge is 0.115 e. The van der Waals surface area contributed by atoms with E-state index in [-0.39, 0.29) is 0 Å². The molecule has 1 saturated carbocycles. The summed E-state index contributed by atoms with van der Waals surface area (Å²) in [6.07, 6.45) is 2.69. The molecule has 0 saturated heterocycles. The van der Waals surface area contributed by atoms with Crippen molar-refractivity contribution in [2.45, 2.75) is 26.3 Å². The van der Waals surface area contributed by atoms with Crippen LogP contribution in [-0.4, -0.2) is 11.7 Å². The minimum atomic E-state index is 0.349. The van der Waals surface area contributed by atoms with Crippen LogP contribution in [0.2, 0.25) is 0 Å². The molecule has 1 fully saturated rings. The molecular formula is C12H17NO. The summed E-state index contributed by atoms with van der Waals surface area (Å²) in [5.41, 5.74) is 1.70. The molecule has 0 spiro atoms. The van der Waals surface area contributed by atoms with Crippen molar-refractivity contribution in [1.29, 1.82) is 0 Å². The molecule has 2 N–H and O–H groups in total. The first kappa shape index (κ1) is 9.53. The summed E-state index contributed by atoms with van der Waals surface area (Å²) in [5.74, 6) is 0.349. The van der Waals surface area contributed by atoms with Crippen LogP contribution in [-0.2, 0) is 6.54 Å². The van der Waals surface area contributed by atoms with Gasteiger partial charge in [0.2, 0.25) is 0 Å². The van der Waals surface area contributed by atoms with Gasteiger partial charge < -0.3 is 10.4 Å². The van der Waals surface area contributed by atoms with Crippen LogP contribution in [0.1, 0.15) is 25.3 Å². The van der Waals surface area contributed by atoms with Crippen LogP contribution in [0.15, 0.2) is 24.3 Å². The lowest BCUT2D eigenvalue weighted by molar-refractivity contribution is 0.472. The molecule has 0 atom stereocenters. The Morgan fingerprint density at radius 1 is 1.43 bits per heavy atom. The van der Waals surface area contributed by atoms with Crippen LogP contribution in [0.3, 0.4) is 0 Å². The number of phenols is 1. The Balaban J connectivity index is 1.80. The van der Waals surface area contributed by atoms with Gasteiger partial charge in [-0.15, -0.1) is 0 Å². The summed E-state index contributed by atoms with van der Waals surface area (Å²) < 4.78 is 0. The first-order valence-electron chi connectivity index (χ1n) is 5.17. The van der Waals surface area contributed by atoms with Crippen molar-refractivity contribution < 1.29 is 5.11 Å². The topological polar surface area (TPSA) is 32.3 Å². The van der Waals surface area contributed by atoms with E-state index in [9.17, 15) is 5.11 Å². The normalized spacial score (nSPS) is 18.1. The highest BCUT2D eigenvalue weighted by Gasteiger charge is 2.36. The molecule has 1 aromatic rings. The molecule has 0 aromatic heterocycles. The molecule has 0 heterocycles. The molecule has 76 valence electrons. The van der Waals surface area contributed by atoms with Gasteiger partial charge in [0.1, 0.15) is 5.75 Å². The van der Waals surface area contributed by atoms with Gasteiger partial charge in [0.05, 0.1) is 0 Å². The van der Waals surface area contributed by atoms with Crippen molar-refractivity contribution in [1.82, 2.24) is 5.32 Å². The fourth-order valence-electron chi connectivity index (χ4n) is 1.57. The summed E-state index contributed by atoms with van der Waals surface area (Å²) in [6.45, 7) is 4.25. The number of aromatic hydroxyl groups is 1. The monoisotopic (exact) mass is 191 g/mol. The first-order chi connectivity index (χ1) is 6.68. The molecule has 1 aromatic carbocycles. The van der Waals surface area contributed by atoms with Crippen LogP contribution in [0, 0.1) is 5.41 Å². The highest BCUT2D eigenvalue weighted by atomic mass is 16.3. The number of benzene rings is 1. The van der Waals surface area contributed by atoms with Crippen LogP contribution < -0.4 is 5.32 Å². The van der Waals surface area contributed by atoms with E-state index in [2.05, 4.69) is 12.2 Å². The third kappa shape index (κ3) is 2.48. The Morgan fingerprint density at radius 2 is 2.21 bits per heavy atom. The largest absolute Gasteiger partial charge is 0.508 e. The molecule has 2 rings (SSSR count). The predicted octanol–water partition coefficient (Wildman–Crippen LogP) is 2.28. The molecule has 2 nitrogen and oxygen atoms in total. The summed E-state index contributed by atoms with van der Waals surface area (Å²) in [4.78, 5) is 0. The summed E-state index contributed by atoms with van der Waals surface area (Å²) in [7, 11) is 0. The zero-order chi connectivity index (χ0) is 10.0. The second-order valence-electron chi connectivity index (χ2n) is 4.58. The van der Waals surface area contributed by atoms with Crippen molar-refractivity contribution in [3.63, 3.8) is 0 Å². The number of hydrogen-bond acceptors (Lipinski definition) is 2. The van der Waals surface area contributed by atoms with Crippen LogP contribution >= 0.6 is 0 Å². The highest BCUT2D eigenvalue weighted by Crippen LogP contribution is 2.44. The van der Waals surface area contributed by atoms with Crippen molar-refractivity contribution in [3.05, 3.63) is 29.8 Å². The second kappa shape index (κ2) is 3.62. The Hall–Kier alpha value is -1.02. The van der Waals surface area contributed by atoms with E-state index in [1.165, 1.54) is 12.8 Å². The number of hydrogen-bond donors (Lipinski definition) is 2. The van der Waals surface area contributed by atoms with Crippen molar-refractivity contribution in [2.75, 3.05) is 6.54 Å². The molecule has 14 heavy (non-hydrogen) atoms. The average molecular weight is 191 g/mol. The Kier molecular flexibility index (Phi) is 2.46.